The molecule has 0 saturated heterocycles. The maximum atomic E-state index is 12.0. The van der Waals surface area contributed by atoms with Gasteiger partial charge in [-0.05, 0) is 19.1 Å². The number of carbonyl (C=O) groups excluding carboxylic acids is 1. The van der Waals surface area contributed by atoms with E-state index in [0.29, 0.717) is 17.2 Å². The Morgan fingerprint density at radius 2 is 1.96 bits per heavy atom. The third-order valence-electron chi connectivity index (χ3n) is 2.67. The second-order valence-electron chi connectivity index (χ2n) is 4.70. The number of benzene rings is 1. The van der Waals surface area contributed by atoms with Crippen molar-refractivity contribution in [3.05, 3.63) is 18.2 Å². The normalized spacial score (nSPS) is 12.4. The summed E-state index contributed by atoms with van der Waals surface area (Å²) in [6, 6.07) is 3.62. The number of methoxy groups -OCH3 is 2. The van der Waals surface area contributed by atoms with Gasteiger partial charge in [0.25, 0.3) is 0 Å². The van der Waals surface area contributed by atoms with Gasteiger partial charge >= 0.3 is 12.2 Å². The van der Waals surface area contributed by atoms with Crippen LogP contribution < -0.4 is 20.1 Å². The lowest BCUT2D eigenvalue weighted by Crippen LogP contribution is -2.39. The number of anilines is 1. The Kier molecular flexibility index (Phi) is 6.95. The van der Waals surface area contributed by atoms with Crippen LogP contribution in [0.2, 0.25) is 0 Å². The van der Waals surface area contributed by atoms with Crippen molar-refractivity contribution >= 4 is 11.7 Å². The Balaban J connectivity index is 2.50. The minimum atomic E-state index is -4.39. The summed E-state index contributed by atoms with van der Waals surface area (Å²) in [7, 11) is 2.93. The van der Waals surface area contributed by atoms with Gasteiger partial charge in [0.05, 0.1) is 32.6 Å². The van der Waals surface area contributed by atoms with Crippen molar-refractivity contribution in [3.63, 3.8) is 0 Å². The second-order valence-corrected chi connectivity index (χ2v) is 4.70. The van der Waals surface area contributed by atoms with Gasteiger partial charge in [0, 0.05) is 6.07 Å². The molecule has 2 N–H and O–H groups in total. The zero-order chi connectivity index (χ0) is 17.5. The van der Waals surface area contributed by atoms with Gasteiger partial charge in [0.15, 0.2) is 0 Å². The lowest BCUT2D eigenvalue weighted by Gasteiger charge is -2.17. The smallest absolute Gasteiger partial charge is 0.411 e. The van der Waals surface area contributed by atoms with Gasteiger partial charge in [-0.1, -0.05) is 0 Å². The maximum Gasteiger partial charge on any atom is 0.411 e. The quantitative estimate of drug-likeness (QED) is 0.803. The van der Waals surface area contributed by atoms with Gasteiger partial charge < -0.3 is 24.8 Å². The molecule has 23 heavy (non-hydrogen) atoms. The Morgan fingerprint density at radius 3 is 2.52 bits per heavy atom. The van der Waals surface area contributed by atoms with Crippen LogP contribution >= 0.6 is 0 Å². The summed E-state index contributed by atoms with van der Waals surface area (Å²) in [6.45, 7) is -0.0825. The van der Waals surface area contributed by atoms with E-state index in [2.05, 4.69) is 15.4 Å². The Morgan fingerprint density at radius 1 is 1.26 bits per heavy atom. The molecule has 0 heterocycles. The number of halogens is 3. The Bertz CT molecular complexity index is 523. The van der Waals surface area contributed by atoms with E-state index in [1.807, 2.05) is 0 Å². The van der Waals surface area contributed by atoms with Crippen molar-refractivity contribution in [2.75, 3.05) is 32.8 Å². The molecule has 0 fully saturated rings. The molecule has 1 atom stereocenters. The van der Waals surface area contributed by atoms with E-state index >= 15 is 0 Å². The highest BCUT2D eigenvalue weighted by atomic mass is 19.4. The first kappa shape index (κ1) is 18.9. The number of amides is 2. The van der Waals surface area contributed by atoms with Gasteiger partial charge in [-0.2, -0.15) is 13.2 Å². The van der Waals surface area contributed by atoms with Crippen molar-refractivity contribution in [2.24, 2.45) is 0 Å². The van der Waals surface area contributed by atoms with E-state index in [4.69, 9.17) is 9.47 Å². The molecule has 0 bridgehead atoms. The van der Waals surface area contributed by atoms with E-state index in [1.54, 1.807) is 18.2 Å². The molecule has 0 aliphatic rings. The predicted octanol–water partition coefficient (Wildman–Crippen LogP) is 2.79. The number of ether oxygens (including phenoxy) is 3. The average Bonchev–Trinajstić information content (AvgIpc) is 2.46. The zero-order valence-electron chi connectivity index (χ0n) is 13.0. The first-order valence-corrected chi connectivity index (χ1v) is 6.69. The van der Waals surface area contributed by atoms with Gasteiger partial charge in [0.2, 0.25) is 0 Å². The third-order valence-corrected chi connectivity index (χ3v) is 2.67. The molecular formula is C14H19F3N2O4. The summed E-state index contributed by atoms with van der Waals surface area (Å²) in [6.07, 6.45) is -4.39. The molecule has 0 radical (unpaired) electrons. The fourth-order valence-electron chi connectivity index (χ4n) is 1.68. The van der Waals surface area contributed by atoms with Crippen LogP contribution in [0, 0.1) is 0 Å². The number of carbonyl (C=O) groups is 1. The standard InChI is InChI=1S/C14H19F3N2O4/c1-9(7-23-8-14(15,16)17)18-13(20)19-11-5-4-10(21-2)6-12(11)22-3/h4-6,9H,7-8H2,1-3H3,(H2,18,19,20). The number of rotatable bonds is 7. The van der Waals surface area contributed by atoms with E-state index in [1.165, 1.54) is 21.1 Å². The lowest BCUT2D eigenvalue weighted by atomic mass is 10.2. The second kappa shape index (κ2) is 8.47. The van der Waals surface area contributed by atoms with Crippen molar-refractivity contribution in [3.8, 4) is 11.5 Å². The Labute approximate surface area is 131 Å². The topological polar surface area (TPSA) is 68.8 Å². The number of nitrogens with one attached hydrogen (secondary N) is 2. The van der Waals surface area contributed by atoms with E-state index in [9.17, 15) is 18.0 Å². The SMILES string of the molecule is COc1ccc(NC(=O)NC(C)COCC(F)(F)F)c(OC)c1. The summed E-state index contributed by atoms with van der Waals surface area (Å²) < 4.78 is 50.5. The van der Waals surface area contributed by atoms with Gasteiger partial charge in [-0.15, -0.1) is 0 Å². The van der Waals surface area contributed by atoms with Crippen LogP contribution in [-0.4, -0.2) is 45.7 Å². The average molecular weight is 336 g/mol. The van der Waals surface area contributed by atoms with Crippen LogP contribution in [0.1, 0.15) is 6.92 Å². The number of urea groups is 1. The van der Waals surface area contributed by atoms with Crippen LogP contribution in [0.3, 0.4) is 0 Å². The largest absolute Gasteiger partial charge is 0.497 e. The van der Waals surface area contributed by atoms with Crippen LogP contribution in [0.25, 0.3) is 0 Å². The van der Waals surface area contributed by atoms with E-state index in [0.717, 1.165) is 0 Å². The maximum absolute atomic E-state index is 12.0. The zero-order valence-corrected chi connectivity index (χ0v) is 13.0. The van der Waals surface area contributed by atoms with E-state index < -0.39 is 24.9 Å². The van der Waals surface area contributed by atoms with Gasteiger partial charge in [-0.3, -0.25) is 0 Å². The van der Waals surface area contributed by atoms with Crippen molar-refractivity contribution in [1.82, 2.24) is 5.32 Å². The fourth-order valence-corrected chi connectivity index (χ4v) is 1.68. The summed E-state index contributed by atoms with van der Waals surface area (Å²) in [5.74, 6) is 0.946. The van der Waals surface area contributed by atoms with Crippen molar-refractivity contribution < 1.29 is 32.2 Å². The molecule has 0 spiro atoms. The lowest BCUT2D eigenvalue weighted by molar-refractivity contribution is -0.174. The first-order chi connectivity index (χ1) is 10.7. The molecule has 2 amide bonds. The first-order valence-electron chi connectivity index (χ1n) is 6.69. The van der Waals surface area contributed by atoms with Gasteiger partial charge in [0.1, 0.15) is 18.1 Å². The highest BCUT2D eigenvalue weighted by molar-refractivity contribution is 5.91. The molecule has 1 rings (SSSR count). The summed E-state index contributed by atoms with van der Waals surface area (Å²) >= 11 is 0. The molecule has 1 unspecified atom stereocenters. The van der Waals surface area contributed by atoms with E-state index in [-0.39, 0.29) is 6.61 Å². The molecule has 1 aromatic rings. The van der Waals surface area contributed by atoms with Crippen molar-refractivity contribution in [2.45, 2.75) is 19.1 Å². The minimum absolute atomic E-state index is 0.257. The van der Waals surface area contributed by atoms with Gasteiger partial charge in [-0.25, -0.2) is 4.79 Å². The molecule has 0 aliphatic carbocycles. The Hall–Kier alpha value is -2.16. The molecular weight excluding hydrogens is 317 g/mol. The summed E-state index contributed by atoms with van der Waals surface area (Å²) in [4.78, 5) is 11.8. The van der Waals surface area contributed by atoms with Crippen LogP contribution in [0.4, 0.5) is 23.7 Å². The number of hydrogen-bond acceptors (Lipinski definition) is 4. The molecule has 9 heteroatoms. The molecule has 0 saturated carbocycles. The highest BCUT2D eigenvalue weighted by Crippen LogP contribution is 2.28. The molecule has 1 aromatic carbocycles. The summed E-state index contributed by atoms with van der Waals surface area (Å²) in [5, 5.41) is 5.01. The molecule has 6 nitrogen and oxygen atoms in total. The highest BCUT2D eigenvalue weighted by Gasteiger charge is 2.27. The van der Waals surface area contributed by atoms with Crippen LogP contribution in [-0.2, 0) is 4.74 Å². The number of hydrogen-bond donors (Lipinski definition) is 2. The fraction of sp³-hybridized carbons (Fsp3) is 0.500. The molecule has 0 aromatic heterocycles. The molecule has 130 valence electrons. The minimum Gasteiger partial charge on any atom is -0.497 e. The van der Waals surface area contributed by atoms with Crippen molar-refractivity contribution in [1.29, 1.82) is 0 Å². The monoisotopic (exact) mass is 336 g/mol. The van der Waals surface area contributed by atoms with Crippen LogP contribution in [0.15, 0.2) is 18.2 Å². The predicted molar refractivity (Wildman–Crippen MR) is 78.0 cm³/mol. The van der Waals surface area contributed by atoms with Crippen LogP contribution in [0.5, 0.6) is 11.5 Å². The summed E-state index contributed by atoms with van der Waals surface area (Å²) in [5.41, 5.74) is 0.397. The number of alkyl halides is 3. The third kappa shape index (κ3) is 7.09. The molecule has 0 aliphatic heterocycles.